The Balaban J connectivity index is 2.06. The maximum atomic E-state index is 12.0. The summed E-state index contributed by atoms with van der Waals surface area (Å²) in [5.41, 5.74) is 5.21. The van der Waals surface area contributed by atoms with Crippen molar-refractivity contribution in [2.24, 2.45) is 0 Å². The standard InChI is InChI=1S/C14H13ClN2O4/c1-8-10(5-6-21-8)13(18)16-17-14(19)11-4-3-9(15)7-12(11)20-2/h3-7H,1-2H3,(H,16,18)(H,17,19). The maximum absolute atomic E-state index is 12.0. The van der Waals surface area contributed by atoms with Crippen LogP contribution in [0, 0.1) is 6.92 Å². The van der Waals surface area contributed by atoms with E-state index in [2.05, 4.69) is 10.9 Å². The largest absolute Gasteiger partial charge is 0.496 e. The highest BCUT2D eigenvalue weighted by atomic mass is 35.5. The third-order valence-electron chi connectivity index (χ3n) is 2.80. The Hall–Kier alpha value is -2.47. The summed E-state index contributed by atoms with van der Waals surface area (Å²) >= 11 is 5.82. The van der Waals surface area contributed by atoms with Crippen molar-refractivity contribution in [3.05, 3.63) is 52.4 Å². The van der Waals surface area contributed by atoms with Crippen LogP contribution < -0.4 is 15.6 Å². The number of carbonyl (C=O) groups excluding carboxylic acids is 2. The van der Waals surface area contributed by atoms with Gasteiger partial charge in [0.1, 0.15) is 11.5 Å². The van der Waals surface area contributed by atoms with Crippen LogP contribution >= 0.6 is 11.6 Å². The van der Waals surface area contributed by atoms with Crippen molar-refractivity contribution in [1.82, 2.24) is 10.9 Å². The molecule has 0 atom stereocenters. The molecule has 0 saturated heterocycles. The predicted molar refractivity (Wildman–Crippen MR) is 76.4 cm³/mol. The van der Waals surface area contributed by atoms with Crippen molar-refractivity contribution in [2.75, 3.05) is 7.11 Å². The molecular weight excluding hydrogens is 296 g/mol. The van der Waals surface area contributed by atoms with Gasteiger partial charge in [0, 0.05) is 5.02 Å². The highest BCUT2D eigenvalue weighted by molar-refractivity contribution is 6.30. The molecule has 7 heteroatoms. The first-order valence-electron chi connectivity index (χ1n) is 6.01. The number of furan rings is 1. The second-order valence-corrected chi connectivity index (χ2v) is 4.58. The summed E-state index contributed by atoms with van der Waals surface area (Å²) in [5, 5.41) is 0.446. The second kappa shape index (κ2) is 6.32. The van der Waals surface area contributed by atoms with E-state index >= 15 is 0 Å². The molecule has 2 N–H and O–H groups in total. The second-order valence-electron chi connectivity index (χ2n) is 4.14. The van der Waals surface area contributed by atoms with Crippen LogP contribution in [0.5, 0.6) is 5.75 Å². The molecule has 1 aromatic carbocycles. The van der Waals surface area contributed by atoms with E-state index in [0.717, 1.165) is 0 Å². The van der Waals surface area contributed by atoms with E-state index in [1.54, 1.807) is 13.0 Å². The Bertz CT molecular complexity index is 681. The molecule has 1 aromatic heterocycles. The van der Waals surface area contributed by atoms with Gasteiger partial charge in [0.15, 0.2) is 0 Å². The fraction of sp³-hybridized carbons (Fsp3) is 0.143. The molecule has 0 unspecified atom stereocenters. The van der Waals surface area contributed by atoms with Gasteiger partial charge in [-0.25, -0.2) is 0 Å². The highest BCUT2D eigenvalue weighted by Crippen LogP contribution is 2.22. The Morgan fingerprint density at radius 2 is 1.81 bits per heavy atom. The van der Waals surface area contributed by atoms with Crippen LogP contribution in [0.2, 0.25) is 5.02 Å². The van der Waals surface area contributed by atoms with E-state index in [1.165, 1.54) is 31.6 Å². The smallest absolute Gasteiger partial charge is 0.273 e. The van der Waals surface area contributed by atoms with Gasteiger partial charge in [0.05, 0.1) is 24.5 Å². The number of ether oxygens (including phenoxy) is 1. The van der Waals surface area contributed by atoms with Crippen LogP contribution in [0.1, 0.15) is 26.5 Å². The number of amides is 2. The summed E-state index contributed by atoms with van der Waals surface area (Å²) in [4.78, 5) is 23.9. The van der Waals surface area contributed by atoms with E-state index < -0.39 is 11.8 Å². The van der Waals surface area contributed by atoms with Crippen molar-refractivity contribution >= 4 is 23.4 Å². The third kappa shape index (κ3) is 3.35. The molecule has 0 fully saturated rings. The number of hydrogen-bond donors (Lipinski definition) is 2. The van der Waals surface area contributed by atoms with Crippen molar-refractivity contribution in [1.29, 1.82) is 0 Å². The zero-order chi connectivity index (χ0) is 15.4. The summed E-state index contributed by atoms with van der Waals surface area (Å²) in [5.74, 6) is -0.208. The Morgan fingerprint density at radius 1 is 1.14 bits per heavy atom. The van der Waals surface area contributed by atoms with Gasteiger partial charge < -0.3 is 9.15 Å². The SMILES string of the molecule is COc1cc(Cl)ccc1C(=O)NNC(=O)c1ccoc1C. The summed E-state index contributed by atoms with van der Waals surface area (Å²) in [6, 6.07) is 6.09. The van der Waals surface area contributed by atoms with Crippen LogP contribution in [0.3, 0.4) is 0 Å². The first kappa shape index (κ1) is 14.9. The molecule has 2 aromatic rings. The third-order valence-corrected chi connectivity index (χ3v) is 3.04. The molecule has 1 heterocycles. The molecule has 0 radical (unpaired) electrons. The van der Waals surface area contributed by atoms with Crippen molar-refractivity contribution in [2.45, 2.75) is 6.92 Å². The normalized spacial score (nSPS) is 10.0. The fourth-order valence-electron chi connectivity index (χ4n) is 1.72. The van der Waals surface area contributed by atoms with Crippen LogP contribution in [0.25, 0.3) is 0 Å². The van der Waals surface area contributed by atoms with Crippen molar-refractivity contribution in [3.8, 4) is 5.75 Å². The number of halogens is 1. The van der Waals surface area contributed by atoms with Crippen LogP contribution in [-0.4, -0.2) is 18.9 Å². The van der Waals surface area contributed by atoms with E-state index in [-0.39, 0.29) is 5.56 Å². The van der Waals surface area contributed by atoms with E-state index in [9.17, 15) is 9.59 Å². The number of rotatable bonds is 3. The molecule has 0 aliphatic heterocycles. The van der Waals surface area contributed by atoms with Gasteiger partial charge in [-0.05, 0) is 31.2 Å². The average Bonchev–Trinajstić information content (AvgIpc) is 2.90. The molecule has 0 bridgehead atoms. The van der Waals surface area contributed by atoms with Crippen molar-refractivity contribution < 1.29 is 18.7 Å². The summed E-state index contributed by atoms with van der Waals surface area (Å²) < 4.78 is 10.1. The Morgan fingerprint density at radius 3 is 2.38 bits per heavy atom. The lowest BCUT2D eigenvalue weighted by atomic mass is 10.2. The molecule has 0 spiro atoms. The minimum absolute atomic E-state index is 0.256. The number of carbonyl (C=O) groups is 2. The van der Waals surface area contributed by atoms with Gasteiger partial charge >= 0.3 is 0 Å². The lowest BCUT2D eigenvalue weighted by molar-refractivity contribution is 0.0844. The molecule has 2 amide bonds. The molecular formula is C14H13ClN2O4. The van der Waals surface area contributed by atoms with Gasteiger partial charge in [0.25, 0.3) is 11.8 Å². The molecule has 110 valence electrons. The summed E-state index contributed by atoms with van der Waals surface area (Å²) in [6.45, 7) is 1.65. The monoisotopic (exact) mass is 308 g/mol. The van der Waals surface area contributed by atoms with E-state index in [0.29, 0.717) is 22.1 Å². The number of aryl methyl sites for hydroxylation is 1. The van der Waals surface area contributed by atoms with Crippen LogP contribution in [0.15, 0.2) is 34.9 Å². The predicted octanol–water partition coefficient (Wildman–Crippen LogP) is 2.32. The van der Waals surface area contributed by atoms with Gasteiger partial charge in [-0.15, -0.1) is 0 Å². The minimum Gasteiger partial charge on any atom is -0.496 e. The van der Waals surface area contributed by atoms with Crippen LogP contribution in [0.4, 0.5) is 0 Å². The highest BCUT2D eigenvalue weighted by Gasteiger charge is 2.15. The number of nitrogens with one attached hydrogen (secondary N) is 2. The van der Waals surface area contributed by atoms with Gasteiger partial charge in [0.2, 0.25) is 0 Å². The van der Waals surface area contributed by atoms with E-state index in [1.807, 2.05) is 0 Å². The number of methoxy groups -OCH3 is 1. The Labute approximate surface area is 126 Å². The molecule has 0 aliphatic carbocycles. The number of hydrogen-bond acceptors (Lipinski definition) is 4. The average molecular weight is 309 g/mol. The van der Waals surface area contributed by atoms with E-state index in [4.69, 9.17) is 20.8 Å². The number of benzene rings is 1. The maximum Gasteiger partial charge on any atom is 0.273 e. The summed E-state index contributed by atoms with van der Waals surface area (Å²) in [7, 11) is 1.43. The minimum atomic E-state index is -0.516. The molecule has 21 heavy (non-hydrogen) atoms. The molecule has 6 nitrogen and oxygen atoms in total. The van der Waals surface area contributed by atoms with Gasteiger partial charge in [-0.3, -0.25) is 20.4 Å². The molecule has 2 rings (SSSR count). The lowest BCUT2D eigenvalue weighted by Crippen LogP contribution is -2.41. The zero-order valence-electron chi connectivity index (χ0n) is 11.4. The quantitative estimate of drug-likeness (QED) is 0.853. The topological polar surface area (TPSA) is 80.6 Å². The van der Waals surface area contributed by atoms with Crippen LogP contribution in [-0.2, 0) is 0 Å². The van der Waals surface area contributed by atoms with Crippen molar-refractivity contribution in [3.63, 3.8) is 0 Å². The lowest BCUT2D eigenvalue weighted by Gasteiger charge is -2.10. The Kier molecular flexibility index (Phi) is 4.49. The number of hydrazine groups is 1. The fourth-order valence-corrected chi connectivity index (χ4v) is 1.88. The zero-order valence-corrected chi connectivity index (χ0v) is 12.2. The summed E-state index contributed by atoms with van der Waals surface area (Å²) in [6.07, 6.45) is 1.40. The first-order chi connectivity index (χ1) is 10.0. The molecule has 0 aliphatic rings. The van der Waals surface area contributed by atoms with Gasteiger partial charge in [-0.2, -0.15) is 0 Å². The molecule has 0 saturated carbocycles. The first-order valence-corrected chi connectivity index (χ1v) is 6.39. The van der Waals surface area contributed by atoms with Gasteiger partial charge in [-0.1, -0.05) is 11.6 Å².